The maximum atomic E-state index is 12.9. The first-order valence-corrected chi connectivity index (χ1v) is 12.9. The fourth-order valence-corrected chi connectivity index (χ4v) is 4.69. The Morgan fingerprint density at radius 1 is 1.16 bits per heavy atom. The van der Waals surface area contributed by atoms with E-state index in [1.807, 2.05) is 30.3 Å². The molecule has 138 valence electrons. The molecule has 2 heterocycles. The quantitative estimate of drug-likeness (QED) is 0.571. The average molecular weight is 362 g/mol. The van der Waals surface area contributed by atoms with E-state index in [1.165, 1.54) is 12.8 Å². The van der Waals surface area contributed by atoms with Crippen molar-refractivity contribution in [2.75, 3.05) is 13.7 Å². The van der Waals surface area contributed by atoms with Crippen LogP contribution in [0.3, 0.4) is 0 Å². The molecule has 0 saturated carbocycles. The summed E-state index contributed by atoms with van der Waals surface area (Å²) >= 11 is 0. The molecule has 0 aromatic heterocycles. The molecule has 0 N–H and O–H groups in total. The summed E-state index contributed by atoms with van der Waals surface area (Å²) in [5, 5.41) is 0. The van der Waals surface area contributed by atoms with Crippen LogP contribution in [-0.4, -0.2) is 51.0 Å². The van der Waals surface area contributed by atoms with Gasteiger partial charge in [-0.25, -0.2) is 0 Å². The Bertz CT molecular complexity index is 572. The number of carbonyl (C=O) groups is 1. The third-order valence-electron chi connectivity index (χ3n) is 5.51. The maximum absolute atomic E-state index is 12.9. The van der Waals surface area contributed by atoms with Crippen molar-refractivity contribution in [3.63, 3.8) is 0 Å². The Labute approximate surface area is 152 Å². The van der Waals surface area contributed by atoms with E-state index in [1.54, 1.807) is 0 Å². The minimum absolute atomic E-state index is 0.0549. The number of ether oxygens (including phenoxy) is 1. The summed E-state index contributed by atoms with van der Waals surface area (Å²) in [6.07, 6.45) is 4.45. The van der Waals surface area contributed by atoms with Gasteiger partial charge in [0.05, 0.1) is 6.61 Å². The Kier molecular flexibility index (Phi) is 5.66. The summed E-state index contributed by atoms with van der Waals surface area (Å²) in [5.74, 6) is -0.455. The second-order valence-corrected chi connectivity index (χ2v) is 13.0. The highest BCUT2D eigenvalue weighted by molar-refractivity contribution is 6.69. The number of benzene rings is 1. The van der Waals surface area contributed by atoms with Crippen LogP contribution in [0.2, 0.25) is 19.6 Å². The first kappa shape index (κ1) is 18.6. The van der Waals surface area contributed by atoms with E-state index >= 15 is 0 Å². The molecule has 1 aromatic carbocycles. The number of fused-ring (bicyclic) bond motifs is 2. The summed E-state index contributed by atoms with van der Waals surface area (Å²) < 4.78 is 12.0. The van der Waals surface area contributed by atoms with Crippen molar-refractivity contribution in [2.45, 2.75) is 69.4 Å². The van der Waals surface area contributed by atoms with E-state index in [-0.39, 0.29) is 18.0 Å². The van der Waals surface area contributed by atoms with Crippen molar-refractivity contribution in [1.29, 1.82) is 0 Å². The molecule has 0 spiro atoms. The molecule has 2 saturated heterocycles. The molecule has 3 unspecified atom stereocenters. The summed E-state index contributed by atoms with van der Waals surface area (Å²) in [7, 11) is 0.517. The highest BCUT2D eigenvalue weighted by Crippen LogP contribution is 2.36. The van der Waals surface area contributed by atoms with Gasteiger partial charge in [-0.3, -0.25) is 4.79 Å². The van der Waals surface area contributed by atoms with Crippen LogP contribution in [0.4, 0.5) is 0 Å². The molecule has 1 aromatic rings. The van der Waals surface area contributed by atoms with Crippen LogP contribution in [0.1, 0.15) is 37.2 Å². The molecule has 3 atom stereocenters. The van der Waals surface area contributed by atoms with Crippen LogP contribution in [-0.2, 0) is 14.0 Å². The van der Waals surface area contributed by atoms with Crippen molar-refractivity contribution in [1.82, 2.24) is 4.90 Å². The topological polar surface area (TPSA) is 38.8 Å². The first-order chi connectivity index (χ1) is 11.8. The molecule has 0 aliphatic carbocycles. The average Bonchev–Trinajstić information content (AvgIpc) is 2.77. The highest BCUT2D eigenvalue weighted by atomic mass is 28.4. The van der Waals surface area contributed by atoms with Crippen molar-refractivity contribution in [3.05, 3.63) is 35.9 Å². The number of hydrogen-bond acceptors (Lipinski definition) is 4. The van der Waals surface area contributed by atoms with Crippen LogP contribution in [0.5, 0.6) is 0 Å². The van der Waals surface area contributed by atoms with E-state index in [4.69, 9.17) is 9.16 Å². The molecule has 2 bridgehead atoms. The molecule has 4 nitrogen and oxygen atoms in total. The van der Waals surface area contributed by atoms with Gasteiger partial charge in [0.2, 0.25) is 0 Å². The number of carbonyl (C=O) groups excluding carboxylic acids is 1. The Hall–Kier alpha value is -1.17. The van der Waals surface area contributed by atoms with Gasteiger partial charge in [-0.1, -0.05) is 30.3 Å². The number of rotatable bonds is 6. The van der Waals surface area contributed by atoms with E-state index in [0.717, 1.165) is 18.4 Å². The number of hydrogen-bond donors (Lipinski definition) is 0. The van der Waals surface area contributed by atoms with Gasteiger partial charge in [0, 0.05) is 12.1 Å². The fraction of sp³-hybridized carbons (Fsp3) is 0.650. The van der Waals surface area contributed by atoms with Crippen molar-refractivity contribution in [2.24, 2.45) is 0 Å². The molecule has 5 heteroatoms. The molecule has 25 heavy (non-hydrogen) atoms. The molecule has 2 aliphatic heterocycles. The molecule has 0 amide bonds. The molecule has 3 rings (SSSR count). The predicted octanol–water partition coefficient (Wildman–Crippen LogP) is 3.79. The zero-order valence-corrected chi connectivity index (χ0v) is 16.9. The van der Waals surface area contributed by atoms with Gasteiger partial charge < -0.3 is 14.1 Å². The van der Waals surface area contributed by atoms with Crippen LogP contribution in [0.15, 0.2) is 30.3 Å². The first-order valence-electron chi connectivity index (χ1n) is 9.45. The monoisotopic (exact) mass is 361 g/mol. The normalized spacial score (nSPS) is 27.9. The molecule has 2 fully saturated rings. The standard InChI is InChI=1S/C20H31NO3Si/c1-21-16-10-11-17(21)13-18(12-16)24-20(22)19(14-23-25(2,3)4)15-8-6-5-7-9-15/h5-9,16-19H,10-14H2,1-4H3. The van der Waals surface area contributed by atoms with Gasteiger partial charge in [0.1, 0.15) is 12.0 Å². The summed E-state index contributed by atoms with van der Waals surface area (Å²) in [4.78, 5) is 15.4. The molecular formula is C20H31NO3Si. The Morgan fingerprint density at radius 3 is 2.32 bits per heavy atom. The lowest BCUT2D eigenvalue weighted by Crippen LogP contribution is -2.44. The number of nitrogens with zero attached hydrogens (tertiary/aromatic N) is 1. The second-order valence-electron chi connectivity index (χ2n) is 8.47. The molecule has 0 radical (unpaired) electrons. The van der Waals surface area contributed by atoms with E-state index < -0.39 is 8.32 Å². The van der Waals surface area contributed by atoms with Gasteiger partial charge in [-0.05, 0) is 57.9 Å². The van der Waals surface area contributed by atoms with Gasteiger partial charge in [0.25, 0.3) is 0 Å². The highest BCUT2D eigenvalue weighted by Gasteiger charge is 2.40. The van der Waals surface area contributed by atoms with Crippen LogP contribution in [0.25, 0.3) is 0 Å². The Balaban J connectivity index is 1.67. The van der Waals surface area contributed by atoms with Crippen molar-refractivity contribution >= 4 is 14.3 Å². The van der Waals surface area contributed by atoms with Crippen LogP contribution in [0, 0.1) is 0 Å². The molecule has 2 aliphatic rings. The minimum Gasteiger partial charge on any atom is -0.462 e. The third kappa shape index (κ3) is 4.71. The third-order valence-corrected chi connectivity index (χ3v) is 6.54. The smallest absolute Gasteiger partial charge is 0.316 e. The minimum atomic E-state index is -1.69. The summed E-state index contributed by atoms with van der Waals surface area (Å²) in [5.41, 5.74) is 0.988. The van der Waals surface area contributed by atoms with Gasteiger partial charge in [0.15, 0.2) is 8.32 Å². The lowest BCUT2D eigenvalue weighted by molar-refractivity contribution is -0.155. The van der Waals surface area contributed by atoms with Gasteiger partial charge >= 0.3 is 5.97 Å². The number of piperidine rings is 1. The van der Waals surface area contributed by atoms with E-state index in [2.05, 4.69) is 31.6 Å². The SMILES string of the molecule is CN1C2CCC1CC(OC(=O)C(CO[Si](C)(C)C)c1ccccc1)C2. The van der Waals surface area contributed by atoms with Crippen LogP contribution >= 0.6 is 0 Å². The number of esters is 1. The van der Waals surface area contributed by atoms with E-state index in [0.29, 0.717) is 18.7 Å². The Morgan fingerprint density at radius 2 is 1.76 bits per heavy atom. The van der Waals surface area contributed by atoms with Gasteiger partial charge in [-0.15, -0.1) is 0 Å². The summed E-state index contributed by atoms with van der Waals surface area (Å²) in [6, 6.07) is 11.1. The fourth-order valence-electron chi connectivity index (χ4n) is 4.02. The zero-order chi connectivity index (χ0) is 18.0. The second kappa shape index (κ2) is 7.60. The van der Waals surface area contributed by atoms with E-state index in [9.17, 15) is 4.79 Å². The van der Waals surface area contributed by atoms with Gasteiger partial charge in [-0.2, -0.15) is 0 Å². The van der Waals surface area contributed by atoms with Crippen molar-refractivity contribution in [3.8, 4) is 0 Å². The van der Waals surface area contributed by atoms with Crippen molar-refractivity contribution < 1.29 is 14.0 Å². The largest absolute Gasteiger partial charge is 0.462 e. The van der Waals surface area contributed by atoms with Crippen LogP contribution < -0.4 is 0 Å². The predicted molar refractivity (Wildman–Crippen MR) is 102 cm³/mol. The molecular weight excluding hydrogens is 330 g/mol. The lowest BCUT2D eigenvalue weighted by Gasteiger charge is -2.36. The summed E-state index contributed by atoms with van der Waals surface area (Å²) in [6.45, 7) is 6.86. The maximum Gasteiger partial charge on any atom is 0.316 e. The zero-order valence-electron chi connectivity index (χ0n) is 15.9. The lowest BCUT2D eigenvalue weighted by atomic mass is 9.98.